The van der Waals surface area contributed by atoms with Gasteiger partial charge in [0.1, 0.15) is 30.2 Å². The summed E-state index contributed by atoms with van der Waals surface area (Å²) < 4.78 is 17.1. The summed E-state index contributed by atoms with van der Waals surface area (Å²) in [6.45, 7) is 1.49. The molecule has 0 unspecified atom stereocenters. The van der Waals surface area contributed by atoms with Crippen LogP contribution in [0, 0.1) is 0 Å². The summed E-state index contributed by atoms with van der Waals surface area (Å²) in [5.41, 5.74) is 2.59. The lowest BCUT2D eigenvalue weighted by molar-refractivity contribution is 0.146. The summed E-state index contributed by atoms with van der Waals surface area (Å²) in [4.78, 5) is 8.69. The summed E-state index contributed by atoms with van der Waals surface area (Å²) >= 11 is 3.43. The minimum Gasteiger partial charge on any atom is -0.491 e. The molecule has 2 aromatic carbocycles. The number of nitrogens with one attached hydrogen (secondary N) is 1. The number of rotatable bonds is 8. The number of hydrogen-bond acceptors (Lipinski definition) is 7. The lowest BCUT2D eigenvalue weighted by Gasteiger charge is -2.09. The number of halogens is 1. The zero-order valence-electron chi connectivity index (χ0n) is 15.8. The lowest BCUT2D eigenvalue weighted by Crippen LogP contribution is -2.05. The third kappa shape index (κ3) is 4.72. The van der Waals surface area contributed by atoms with Crippen molar-refractivity contribution >= 4 is 32.7 Å². The number of aromatic nitrogens is 3. The Morgan fingerprint density at radius 3 is 2.72 bits per heavy atom. The van der Waals surface area contributed by atoms with E-state index in [9.17, 15) is 0 Å². The minimum atomic E-state index is 0.460. The van der Waals surface area contributed by atoms with Crippen LogP contribution in [-0.2, 0) is 11.3 Å². The van der Waals surface area contributed by atoms with Crippen LogP contribution in [-0.4, -0.2) is 35.4 Å². The molecular formula is C21H19BrN4O3. The van der Waals surface area contributed by atoms with Gasteiger partial charge in [-0.1, -0.05) is 33.2 Å². The van der Waals surface area contributed by atoms with E-state index in [1.54, 1.807) is 7.11 Å². The van der Waals surface area contributed by atoms with Gasteiger partial charge in [-0.25, -0.2) is 9.97 Å². The SMILES string of the molecule is COCCOc1ccc2c(NCc3cc(-c4ccc(Br)cc4)no3)ncnc2c1. The van der Waals surface area contributed by atoms with E-state index in [1.807, 2.05) is 48.5 Å². The summed E-state index contributed by atoms with van der Waals surface area (Å²) in [6, 6.07) is 15.6. The van der Waals surface area contributed by atoms with Gasteiger partial charge < -0.3 is 19.3 Å². The standard InChI is InChI=1S/C21H19BrN4O3/c1-27-8-9-28-16-6-7-18-20(10-16)24-13-25-21(18)23-12-17-11-19(26-29-17)14-2-4-15(22)5-3-14/h2-7,10-11,13H,8-9,12H2,1H3,(H,23,24,25). The molecule has 0 fully saturated rings. The van der Waals surface area contributed by atoms with Crippen molar-refractivity contribution in [3.63, 3.8) is 0 Å². The third-order valence-corrected chi connectivity index (χ3v) is 4.82. The number of ether oxygens (including phenoxy) is 2. The second-order valence-electron chi connectivity index (χ2n) is 6.28. The molecule has 2 heterocycles. The Balaban J connectivity index is 1.46. The summed E-state index contributed by atoms with van der Waals surface area (Å²) in [7, 11) is 1.64. The normalized spacial score (nSPS) is 11.0. The van der Waals surface area contributed by atoms with E-state index in [4.69, 9.17) is 14.0 Å². The van der Waals surface area contributed by atoms with Crippen molar-refractivity contribution in [2.24, 2.45) is 0 Å². The topological polar surface area (TPSA) is 82.3 Å². The van der Waals surface area contributed by atoms with Crippen molar-refractivity contribution in [3.8, 4) is 17.0 Å². The molecule has 0 atom stereocenters. The van der Waals surface area contributed by atoms with Crippen LogP contribution in [0.15, 0.2) is 63.9 Å². The predicted molar refractivity (Wildman–Crippen MR) is 114 cm³/mol. The van der Waals surface area contributed by atoms with Crippen LogP contribution >= 0.6 is 15.9 Å². The molecule has 1 N–H and O–H groups in total. The number of methoxy groups -OCH3 is 1. The van der Waals surface area contributed by atoms with E-state index in [0.717, 1.165) is 38.2 Å². The van der Waals surface area contributed by atoms with Crippen LogP contribution in [0.3, 0.4) is 0 Å². The van der Waals surface area contributed by atoms with Crippen LogP contribution in [0.2, 0.25) is 0 Å². The van der Waals surface area contributed by atoms with E-state index >= 15 is 0 Å². The van der Waals surface area contributed by atoms with Crippen molar-refractivity contribution in [2.75, 3.05) is 25.6 Å². The molecule has 8 heteroatoms. The van der Waals surface area contributed by atoms with Crippen molar-refractivity contribution in [1.82, 2.24) is 15.1 Å². The van der Waals surface area contributed by atoms with Gasteiger partial charge in [0.2, 0.25) is 0 Å². The molecule has 0 spiro atoms. The molecule has 29 heavy (non-hydrogen) atoms. The van der Waals surface area contributed by atoms with Gasteiger partial charge in [-0.15, -0.1) is 0 Å². The fraction of sp³-hybridized carbons (Fsp3) is 0.190. The Labute approximate surface area is 176 Å². The highest BCUT2D eigenvalue weighted by Gasteiger charge is 2.09. The minimum absolute atomic E-state index is 0.460. The molecule has 0 saturated heterocycles. The molecule has 0 aliphatic carbocycles. The zero-order valence-corrected chi connectivity index (χ0v) is 17.3. The largest absolute Gasteiger partial charge is 0.491 e. The first-order chi connectivity index (χ1) is 14.2. The summed E-state index contributed by atoms with van der Waals surface area (Å²) in [5.74, 6) is 2.18. The van der Waals surface area contributed by atoms with Gasteiger partial charge in [0.25, 0.3) is 0 Å². The van der Waals surface area contributed by atoms with Gasteiger partial charge in [-0.3, -0.25) is 0 Å². The van der Waals surface area contributed by atoms with Gasteiger partial charge >= 0.3 is 0 Å². The molecule has 7 nitrogen and oxygen atoms in total. The summed E-state index contributed by atoms with van der Waals surface area (Å²) in [5, 5.41) is 8.35. The number of fused-ring (bicyclic) bond motifs is 1. The smallest absolute Gasteiger partial charge is 0.156 e. The number of anilines is 1. The molecule has 0 aliphatic heterocycles. The Hall–Kier alpha value is -2.97. The highest BCUT2D eigenvalue weighted by Crippen LogP contribution is 2.25. The van der Waals surface area contributed by atoms with Crippen molar-refractivity contribution < 1.29 is 14.0 Å². The Kier molecular flexibility index (Phi) is 6.02. The van der Waals surface area contributed by atoms with E-state index < -0.39 is 0 Å². The van der Waals surface area contributed by atoms with Gasteiger partial charge in [-0.05, 0) is 24.3 Å². The van der Waals surface area contributed by atoms with Crippen LogP contribution < -0.4 is 10.1 Å². The Bertz CT molecular complexity index is 1100. The van der Waals surface area contributed by atoms with Crippen molar-refractivity contribution in [2.45, 2.75) is 6.54 Å². The number of hydrogen-bond donors (Lipinski definition) is 1. The number of nitrogens with zero attached hydrogens (tertiary/aromatic N) is 3. The second kappa shape index (κ2) is 9.02. The third-order valence-electron chi connectivity index (χ3n) is 4.29. The van der Waals surface area contributed by atoms with Crippen molar-refractivity contribution in [1.29, 1.82) is 0 Å². The quantitative estimate of drug-likeness (QED) is 0.386. The number of benzene rings is 2. The second-order valence-corrected chi connectivity index (χ2v) is 7.20. The van der Waals surface area contributed by atoms with Crippen LogP contribution in [0.4, 0.5) is 5.82 Å². The Morgan fingerprint density at radius 2 is 1.90 bits per heavy atom. The highest BCUT2D eigenvalue weighted by atomic mass is 79.9. The molecule has 2 aromatic heterocycles. The van der Waals surface area contributed by atoms with Gasteiger partial charge in [0.05, 0.1) is 18.7 Å². The van der Waals surface area contributed by atoms with Crippen LogP contribution in [0.1, 0.15) is 5.76 Å². The average Bonchev–Trinajstić information content (AvgIpc) is 3.22. The van der Waals surface area contributed by atoms with E-state index in [-0.39, 0.29) is 0 Å². The molecule has 0 radical (unpaired) electrons. The maximum Gasteiger partial charge on any atom is 0.156 e. The Morgan fingerprint density at radius 1 is 1.03 bits per heavy atom. The summed E-state index contributed by atoms with van der Waals surface area (Å²) in [6.07, 6.45) is 1.53. The van der Waals surface area contributed by atoms with E-state index in [0.29, 0.717) is 25.5 Å². The first kappa shape index (κ1) is 19.4. The van der Waals surface area contributed by atoms with Crippen molar-refractivity contribution in [3.05, 3.63) is 65.1 Å². The highest BCUT2D eigenvalue weighted by molar-refractivity contribution is 9.10. The first-order valence-electron chi connectivity index (χ1n) is 9.05. The van der Waals surface area contributed by atoms with Crippen LogP contribution in [0.5, 0.6) is 5.75 Å². The van der Waals surface area contributed by atoms with Gasteiger partial charge in [0.15, 0.2) is 5.76 Å². The molecule has 0 amide bonds. The maximum absolute atomic E-state index is 5.64. The monoisotopic (exact) mass is 454 g/mol. The lowest BCUT2D eigenvalue weighted by atomic mass is 10.1. The van der Waals surface area contributed by atoms with Gasteiger partial charge in [0, 0.05) is 34.7 Å². The molecule has 4 aromatic rings. The predicted octanol–water partition coefficient (Wildman–Crippen LogP) is 4.68. The fourth-order valence-electron chi connectivity index (χ4n) is 2.83. The average molecular weight is 455 g/mol. The fourth-order valence-corrected chi connectivity index (χ4v) is 3.10. The maximum atomic E-state index is 5.64. The molecule has 148 valence electrons. The molecule has 4 rings (SSSR count). The molecular weight excluding hydrogens is 436 g/mol. The zero-order chi connectivity index (χ0) is 20.1. The first-order valence-corrected chi connectivity index (χ1v) is 9.84. The van der Waals surface area contributed by atoms with Gasteiger partial charge in [-0.2, -0.15) is 0 Å². The van der Waals surface area contributed by atoms with Crippen LogP contribution in [0.25, 0.3) is 22.2 Å². The molecule has 0 bridgehead atoms. The van der Waals surface area contributed by atoms with E-state index in [2.05, 4.69) is 36.4 Å². The molecule has 0 saturated carbocycles. The molecule has 0 aliphatic rings. The van der Waals surface area contributed by atoms with E-state index in [1.165, 1.54) is 6.33 Å².